The zero-order chi connectivity index (χ0) is 13.0. The number of ether oxygens (including phenoxy) is 1. The number of nitrogens with zero attached hydrogens (tertiary/aromatic N) is 1. The minimum Gasteiger partial charge on any atom is -0.389 e. The third-order valence-corrected chi connectivity index (χ3v) is 4.44. The van der Waals surface area contributed by atoms with Gasteiger partial charge in [0.15, 0.2) is 0 Å². The molecule has 0 spiro atoms. The summed E-state index contributed by atoms with van der Waals surface area (Å²) < 4.78 is 5.22. The van der Waals surface area contributed by atoms with E-state index in [4.69, 9.17) is 4.74 Å². The average molecular weight is 255 g/mol. The van der Waals surface area contributed by atoms with Gasteiger partial charge in [0, 0.05) is 25.6 Å². The summed E-state index contributed by atoms with van der Waals surface area (Å²) in [7, 11) is 0. The molecule has 1 aliphatic heterocycles. The van der Waals surface area contributed by atoms with Crippen LogP contribution in [0.15, 0.2) is 0 Å². The predicted octanol–water partition coefficient (Wildman–Crippen LogP) is 1.57. The Balaban J connectivity index is 1.84. The SMILES string of the molecule is CCOCCC(=O)N1CCC2(O)CCCCC2C1. The fraction of sp³-hybridized carbons (Fsp3) is 0.929. The van der Waals surface area contributed by atoms with Crippen molar-refractivity contribution < 1.29 is 14.6 Å². The molecule has 1 amide bonds. The van der Waals surface area contributed by atoms with Crippen LogP contribution in [0.3, 0.4) is 0 Å². The van der Waals surface area contributed by atoms with Crippen molar-refractivity contribution in [2.24, 2.45) is 5.92 Å². The van der Waals surface area contributed by atoms with Gasteiger partial charge in [-0.3, -0.25) is 4.79 Å². The van der Waals surface area contributed by atoms with Gasteiger partial charge < -0.3 is 14.7 Å². The maximum absolute atomic E-state index is 12.0. The van der Waals surface area contributed by atoms with Gasteiger partial charge in [0.05, 0.1) is 18.6 Å². The van der Waals surface area contributed by atoms with E-state index in [2.05, 4.69) is 0 Å². The Morgan fingerprint density at radius 2 is 2.28 bits per heavy atom. The third kappa shape index (κ3) is 3.04. The van der Waals surface area contributed by atoms with E-state index in [1.165, 1.54) is 6.42 Å². The van der Waals surface area contributed by atoms with Crippen LogP contribution in [0.5, 0.6) is 0 Å². The van der Waals surface area contributed by atoms with E-state index in [9.17, 15) is 9.90 Å². The van der Waals surface area contributed by atoms with E-state index in [-0.39, 0.29) is 11.8 Å². The van der Waals surface area contributed by atoms with Crippen molar-refractivity contribution in [3.63, 3.8) is 0 Å². The van der Waals surface area contributed by atoms with Crippen LogP contribution in [0.4, 0.5) is 0 Å². The van der Waals surface area contributed by atoms with Gasteiger partial charge in [-0.2, -0.15) is 0 Å². The van der Waals surface area contributed by atoms with E-state index in [1.807, 2.05) is 11.8 Å². The summed E-state index contributed by atoms with van der Waals surface area (Å²) >= 11 is 0. The first-order valence-corrected chi connectivity index (χ1v) is 7.23. The molecule has 1 saturated carbocycles. The van der Waals surface area contributed by atoms with Crippen LogP contribution in [0, 0.1) is 5.92 Å². The fourth-order valence-corrected chi connectivity index (χ4v) is 3.26. The number of hydrogen-bond donors (Lipinski definition) is 1. The summed E-state index contributed by atoms with van der Waals surface area (Å²) in [6.07, 6.45) is 5.51. The Labute approximate surface area is 109 Å². The highest BCUT2D eigenvalue weighted by Gasteiger charge is 2.43. The highest BCUT2D eigenvalue weighted by Crippen LogP contribution is 2.39. The third-order valence-electron chi connectivity index (χ3n) is 4.44. The van der Waals surface area contributed by atoms with E-state index in [0.717, 1.165) is 32.2 Å². The van der Waals surface area contributed by atoms with Crippen LogP contribution < -0.4 is 0 Å². The molecule has 0 aromatic rings. The summed E-state index contributed by atoms with van der Waals surface area (Å²) in [5, 5.41) is 10.5. The topological polar surface area (TPSA) is 49.8 Å². The molecule has 0 bridgehead atoms. The maximum atomic E-state index is 12.0. The fourth-order valence-electron chi connectivity index (χ4n) is 3.26. The van der Waals surface area contributed by atoms with Crippen LogP contribution in [0.25, 0.3) is 0 Å². The van der Waals surface area contributed by atoms with Crippen molar-refractivity contribution in [3.8, 4) is 0 Å². The highest BCUT2D eigenvalue weighted by molar-refractivity contribution is 5.76. The van der Waals surface area contributed by atoms with Crippen molar-refractivity contribution in [1.29, 1.82) is 0 Å². The molecule has 1 N–H and O–H groups in total. The average Bonchev–Trinajstić information content (AvgIpc) is 2.37. The minimum atomic E-state index is -0.491. The molecule has 2 unspecified atom stereocenters. The lowest BCUT2D eigenvalue weighted by molar-refractivity contribution is -0.144. The Morgan fingerprint density at radius 3 is 3.06 bits per heavy atom. The minimum absolute atomic E-state index is 0.177. The van der Waals surface area contributed by atoms with Gasteiger partial charge >= 0.3 is 0 Å². The zero-order valence-electron chi connectivity index (χ0n) is 11.4. The summed E-state index contributed by atoms with van der Waals surface area (Å²) in [5.74, 6) is 0.465. The molecule has 1 saturated heterocycles. The number of carbonyl (C=O) groups is 1. The molecule has 18 heavy (non-hydrogen) atoms. The number of rotatable bonds is 4. The van der Waals surface area contributed by atoms with Crippen molar-refractivity contribution in [3.05, 3.63) is 0 Å². The number of fused-ring (bicyclic) bond motifs is 1. The Hall–Kier alpha value is -0.610. The van der Waals surface area contributed by atoms with Crippen LogP contribution in [0.1, 0.15) is 45.4 Å². The summed E-state index contributed by atoms with van der Waals surface area (Å²) in [5.41, 5.74) is -0.491. The smallest absolute Gasteiger partial charge is 0.224 e. The quantitative estimate of drug-likeness (QED) is 0.776. The summed E-state index contributed by atoms with van der Waals surface area (Å²) in [4.78, 5) is 13.9. The Kier molecular flexibility index (Phi) is 4.62. The normalized spacial score (nSPS) is 32.1. The zero-order valence-corrected chi connectivity index (χ0v) is 11.4. The molecule has 1 aliphatic carbocycles. The number of hydrogen-bond acceptors (Lipinski definition) is 3. The Morgan fingerprint density at radius 1 is 1.44 bits per heavy atom. The molecular formula is C14H25NO3. The first-order chi connectivity index (χ1) is 8.65. The summed E-state index contributed by atoms with van der Waals surface area (Å²) in [6.45, 7) is 4.56. The van der Waals surface area contributed by atoms with Crippen LogP contribution in [-0.4, -0.2) is 47.8 Å². The lowest BCUT2D eigenvalue weighted by Gasteiger charge is -2.47. The van der Waals surface area contributed by atoms with Crippen LogP contribution >= 0.6 is 0 Å². The van der Waals surface area contributed by atoms with Crippen molar-refractivity contribution in [1.82, 2.24) is 4.90 Å². The second-order valence-corrected chi connectivity index (χ2v) is 5.58. The first kappa shape index (κ1) is 13.8. The van der Waals surface area contributed by atoms with Crippen molar-refractivity contribution in [2.75, 3.05) is 26.3 Å². The number of amides is 1. The molecular weight excluding hydrogens is 230 g/mol. The number of carbonyl (C=O) groups excluding carboxylic acids is 1. The predicted molar refractivity (Wildman–Crippen MR) is 69.2 cm³/mol. The maximum Gasteiger partial charge on any atom is 0.224 e. The second kappa shape index (κ2) is 6.02. The molecule has 2 fully saturated rings. The largest absolute Gasteiger partial charge is 0.389 e. The van der Waals surface area contributed by atoms with Gasteiger partial charge in [-0.1, -0.05) is 12.8 Å². The number of piperidine rings is 1. The molecule has 0 aromatic carbocycles. The molecule has 4 heteroatoms. The van der Waals surface area contributed by atoms with E-state index in [1.54, 1.807) is 0 Å². The lowest BCUT2D eigenvalue weighted by atomic mass is 9.71. The molecule has 0 aromatic heterocycles. The van der Waals surface area contributed by atoms with Crippen molar-refractivity contribution >= 4 is 5.91 Å². The summed E-state index contributed by atoms with van der Waals surface area (Å²) in [6, 6.07) is 0. The second-order valence-electron chi connectivity index (χ2n) is 5.58. The van der Waals surface area contributed by atoms with Gasteiger partial charge in [0.1, 0.15) is 0 Å². The van der Waals surface area contributed by atoms with Gasteiger partial charge in [-0.15, -0.1) is 0 Å². The molecule has 104 valence electrons. The van der Waals surface area contributed by atoms with Crippen LogP contribution in [-0.2, 0) is 9.53 Å². The van der Waals surface area contributed by atoms with Crippen molar-refractivity contribution in [2.45, 2.75) is 51.0 Å². The van der Waals surface area contributed by atoms with Gasteiger partial charge in [0.25, 0.3) is 0 Å². The molecule has 2 aliphatic rings. The van der Waals surface area contributed by atoms with Gasteiger partial charge in [-0.25, -0.2) is 0 Å². The van der Waals surface area contributed by atoms with Crippen LogP contribution in [0.2, 0.25) is 0 Å². The van der Waals surface area contributed by atoms with E-state index in [0.29, 0.717) is 26.2 Å². The molecule has 1 heterocycles. The lowest BCUT2D eigenvalue weighted by Crippen LogP contribution is -2.54. The molecule has 0 radical (unpaired) electrons. The first-order valence-electron chi connectivity index (χ1n) is 7.23. The van der Waals surface area contributed by atoms with Gasteiger partial charge in [0.2, 0.25) is 5.91 Å². The molecule has 2 atom stereocenters. The van der Waals surface area contributed by atoms with Gasteiger partial charge in [-0.05, 0) is 26.2 Å². The highest BCUT2D eigenvalue weighted by atomic mass is 16.5. The number of likely N-dealkylation sites (tertiary alicyclic amines) is 1. The monoisotopic (exact) mass is 255 g/mol. The number of aliphatic hydroxyl groups is 1. The van der Waals surface area contributed by atoms with E-state index < -0.39 is 5.60 Å². The molecule has 4 nitrogen and oxygen atoms in total. The van der Waals surface area contributed by atoms with E-state index >= 15 is 0 Å². The molecule has 2 rings (SSSR count). The Bertz CT molecular complexity index is 295. The standard InChI is InChI=1S/C14H25NO3/c1-2-18-10-6-13(16)15-9-8-14(17)7-4-3-5-12(14)11-15/h12,17H,2-11H2,1H3.